The van der Waals surface area contributed by atoms with Crippen molar-refractivity contribution < 1.29 is 0 Å². The van der Waals surface area contributed by atoms with E-state index in [2.05, 4.69) is 38.4 Å². The van der Waals surface area contributed by atoms with Crippen LogP contribution in [0.25, 0.3) is 0 Å². The van der Waals surface area contributed by atoms with Crippen LogP contribution in [0.2, 0.25) is 0 Å². The van der Waals surface area contributed by atoms with Crippen molar-refractivity contribution in [3.63, 3.8) is 0 Å². The average Bonchev–Trinajstić information content (AvgIpc) is 2.21. The van der Waals surface area contributed by atoms with Gasteiger partial charge in [-0.15, -0.1) is 0 Å². The molecule has 0 aliphatic heterocycles. The first kappa shape index (κ1) is 12.1. The lowest BCUT2D eigenvalue weighted by atomic mass is 10.0. The largest absolute Gasteiger partial charge is 0.260 e. The summed E-state index contributed by atoms with van der Waals surface area (Å²) >= 11 is 1.64. The van der Waals surface area contributed by atoms with Crippen molar-refractivity contribution in [3.8, 4) is 0 Å². The second-order valence-corrected chi connectivity index (χ2v) is 4.44. The van der Waals surface area contributed by atoms with E-state index in [-0.39, 0.29) is 0 Å². The Labute approximate surface area is 96.3 Å². The summed E-state index contributed by atoms with van der Waals surface area (Å²) in [5, 5.41) is 1.85. The highest BCUT2D eigenvalue weighted by Crippen LogP contribution is 2.36. The Morgan fingerprint density at radius 3 is 2.47 bits per heavy atom. The summed E-state index contributed by atoms with van der Waals surface area (Å²) in [6.45, 7) is 12.1. The van der Waals surface area contributed by atoms with Gasteiger partial charge >= 0.3 is 0 Å². The van der Waals surface area contributed by atoms with Crippen LogP contribution in [0.4, 0.5) is 5.69 Å². The van der Waals surface area contributed by atoms with Gasteiger partial charge in [0, 0.05) is 11.1 Å². The molecule has 0 fully saturated rings. The third kappa shape index (κ3) is 2.51. The highest BCUT2D eigenvalue weighted by molar-refractivity contribution is 8.02. The Morgan fingerprint density at radius 2 is 1.93 bits per heavy atom. The quantitative estimate of drug-likeness (QED) is 0.536. The van der Waals surface area contributed by atoms with Gasteiger partial charge in [-0.1, -0.05) is 18.3 Å². The van der Waals surface area contributed by atoms with Crippen molar-refractivity contribution in [2.45, 2.75) is 32.6 Å². The van der Waals surface area contributed by atoms with E-state index in [1.807, 2.05) is 18.5 Å². The lowest BCUT2D eigenvalue weighted by molar-refractivity contribution is 1.18. The van der Waals surface area contributed by atoms with Gasteiger partial charge in [0.25, 0.3) is 0 Å². The smallest absolute Gasteiger partial charge is 0.0770 e. The molecule has 0 radical (unpaired) electrons. The first-order valence-corrected chi connectivity index (χ1v) is 5.86. The molecule has 0 saturated carbocycles. The van der Waals surface area contributed by atoms with Crippen LogP contribution in [-0.2, 0) is 0 Å². The van der Waals surface area contributed by atoms with E-state index in [1.165, 1.54) is 21.6 Å². The fraction of sp³-hybridized carbons (Fsp3) is 0.308. The molecule has 0 aromatic heterocycles. The topological polar surface area (TPSA) is 12.4 Å². The van der Waals surface area contributed by atoms with Crippen LogP contribution < -0.4 is 0 Å². The number of nitrogens with zero attached hydrogens (tertiary/aromatic N) is 1. The molecule has 0 bridgehead atoms. The number of hydrogen-bond acceptors (Lipinski definition) is 2. The SMILES string of the molecule is C=CSc1c(N=CC)cc(C)c(C)c1C. The minimum atomic E-state index is 1.04. The third-order valence-corrected chi connectivity index (χ3v) is 3.47. The van der Waals surface area contributed by atoms with E-state index >= 15 is 0 Å². The maximum Gasteiger partial charge on any atom is 0.0770 e. The van der Waals surface area contributed by atoms with Crippen LogP contribution >= 0.6 is 11.8 Å². The summed E-state index contributed by atoms with van der Waals surface area (Å²) in [6.07, 6.45) is 1.83. The van der Waals surface area contributed by atoms with Crippen molar-refractivity contribution in [3.05, 3.63) is 34.7 Å². The summed E-state index contributed by atoms with van der Waals surface area (Å²) < 4.78 is 0. The molecule has 1 rings (SSSR count). The zero-order valence-corrected chi connectivity index (χ0v) is 10.6. The van der Waals surface area contributed by atoms with Crippen LogP contribution in [0.1, 0.15) is 23.6 Å². The van der Waals surface area contributed by atoms with Gasteiger partial charge in [0.2, 0.25) is 0 Å². The zero-order chi connectivity index (χ0) is 11.4. The molecule has 1 aromatic rings. The molecule has 1 nitrogen and oxygen atoms in total. The van der Waals surface area contributed by atoms with Crippen molar-refractivity contribution in [2.75, 3.05) is 0 Å². The zero-order valence-electron chi connectivity index (χ0n) is 9.79. The van der Waals surface area contributed by atoms with Crippen LogP contribution in [0.5, 0.6) is 0 Å². The summed E-state index contributed by atoms with van der Waals surface area (Å²) in [4.78, 5) is 5.61. The minimum Gasteiger partial charge on any atom is -0.260 e. The van der Waals surface area contributed by atoms with Crippen LogP contribution in [0, 0.1) is 20.8 Å². The Bertz CT molecular complexity index is 405. The maximum absolute atomic E-state index is 4.39. The molecule has 0 aliphatic rings. The monoisotopic (exact) mass is 219 g/mol. The van der Waals surface area contributed by atoms with Gasteiger partial charge in [0.05, 0.1) is 5.69 Å². The maximum atomic E-state index is 4.39. The standard InChI is InChI=1S/C13H17NS/c1-6-14-12-8-9(3)10(4)11(5)13(12)15-7-2/h6-8H,2H2,1,3-5H3. The first-order chi connectivity index (χ1) is 7.11. The lowest BCUT2D eigenvalue weighted by Gasteiger charge is -2.12. The molecule has 2 heteroatoms. The molecule has 80 valence electrons. The van der Waals surface area contributed by atoms with Crippen LogP contribution in [0.15, 0.2) is 27.9 Å². The molecular formula is C13H17NS. The predicted molar refractivity (Wildman–Crippen MR) is 70.5 cm³/mol. The second-order valence-electron chi connectivity index (χ2n) is 3.46. The van der Waals surface area contributed by atoms with E-state index in [1.54, 1.807) is 11.8 Å². The molecule has 0 N–H and O–H groups in total. The van der Waals surface area contributed by atoms with Crippen LogP contribution in [0.3, 0.4) is 0 Å². The Balaban J connectivity index is 3.42. The van der Waals surface area contributed by atoms with Gasteiger partial charge in [0.1, 0.15) is 0 Å². The van der Waals surface area contributed by atoms with Crippen LogP contribution in [-0.4, -0.2) is 6.21 Å². The highest BCUT2D eigenvalue weighted by atomic mass is 32.2. The fourth-order valence-electron chi connectivity index (χ4n) is 1.50. The van der Waals surface area contributed by atoms with Gasteiger partial charge in [0.15, 0.2) is 0 Å². The summed E-state index contributed by atoms with van der Waals surface area (Å²) in [6, 6.07) is 2.13. The van der Waals surface area contributed by atoms with Gasteiger partial charge in [-0.2, -0.15) is 0 Å². The molecule has 0 atom stereocenters. The number of hydrogen-bond donors (Lipinski definition) is 0. The number of thioether (sulfide) groups is 1. The second kappa shape index (κ2) is 5.17. The molecule has 0 amide bonds. The fourth-order valence-corrected chi connectivity index (χ4v) is 2.23. The number of benzene rings is 1. The molecule has 15 heavy (non-hydrogen) atoms. The van der Waals surface area contributed by atoms with E-state index in [4.69, 9.17) is 0 Å². The van der Waals surface area contributed by atoms with E-state index in [0.717, 1.165) is 5.69 Å². The number of aryl methyl sites for hydroxylation is 1. The number of rotatable bonds is 3. The first-order valence-electron chi connectivity index (χ1n) is 4.98. The van der Waals surface area contributed by atoms with Gasteiger partial charge in [-0.25, -0.2) is 0 Å². The van der Waals surface area contributed by atoms with Crippen molar-refractivity contribution in [1.29, 1.82) is 0 Å². The molecule has 1 aromatic carbocycles. The van der Waals surface area contributed by atoms with Gasteiger partial charge in [-0.3, -0.25) is 4.99 Å². The van der Waals surface area contributed by atoms with E-state index in [9.17, 15) is 0 Å². The molecule has 0 unspecified atom stereocenters. The Kier molecular flexibility index (Phi) is 4.15. The average molecular weight is 219 g/mol. The highest BCUT2D eigenvalue weighted by Gasteiger charge is 2.09. The third-order valence-electron chi connectivity index (χ3n) is 2.55. The molecule has 0 aliphatic carbocycles. The lowest BCUT2D eigenvalue weighted by Crippen LogP contribution is -1.90. The molecule has 0 spiro atoms. The molecular weight excluding hydrogens is 202 g/mol. The predicted octanol–water partition coefficient (Wildman–Crippen LogP) is 4.57. The normalized spacial score (nSPS) is 10.9. The van der Waals surface area contributed by atoms with Gasteiger partial charge < -0.3 is 0 Å². The molecule has 0 heterocycles. The Morgan fingerprint density at radius 1 is 1.27 bits per heavy atom. The summed E-state index contributed by atoms with van der Waals surface area (Å²) in [5.74, 6) is 0. The van der Waals surface area contributed by atoms with E-state index in [0.29, 0.717) is 0 Å². The Hall–Kier alpha value is -1.02. The molecule has 0 saturated heterocycles. The van der Waals surface area contributed by atoms with Crippen molar-refractivity contribution >= 4 is 23.7 Å². The van der Waals surface area contributed by atoms with Crippen molar-refractivity contribution in [2.24, 2.45) is 4.99 Å². The summed E-state index contributed by atoms with van der Waals surface area (Å²) in [5.41, 5.74) is 4.99. The van der Waals surface area contributed by atoms with Crippen molar-refractivity contribution in [1.82, 2.24) is 0 Å². The summed E-state index contributed by atoms with van der Waals surface area (Å²) in [7, 11) is 0. The minimum absolute atomic E-state index is 1.04. The van der Waals surface area contributed by atoms with Gasteiger partial charge in [-0.05, 0) is 55.9 Å². The number of aliphatic imine (C=N–C) groups is 1. The van der Waals surface area contributed by atoms with E-state index < -0.39 is 0 Å².